The van der Waals surface area contributed by atoms with Crippen molar-refractivity contribution in [2.24, 2.45) is 0 Å². The number of nitrogens with one attached hydrogen (secondary N) is 2. The first-order chi connectivity index (χ1) is 10.5. The number of carbonyl (C=O) groups is 2. The molecule has 2 rings (SSSR count). The number of rotatable bonds is 2. The van der Waals surface area contributed by atoms with Crippen LogP contribution in [0.2, 0.25) is 0 Å². The maximum absolute atomic E-state index is 11.9. The Bertz CT molecular complexity index is 781. The Hall–Kier alpha value is -2.65. The monoisotopic (exact) mass is 357 g/mol. The van der Waals surface area contributed by atoms with Crippen molar-refractivity contribution in [3.8, 4) is 6.07 Å². The number of halogens is 1. The van der Waals surface area contributed by atoms with Crippen LogP contribution in [0.1, 0.15) is 11.1 Å². The smallest absolute Gasteiger partial charge is 0.314 e. The first kappa shape index (κ1) is 15.7. The van der Waals surface area contributed by atoms with Gasteiger partial charge in [-0.15, -0.1) is 0 Å². The lowest BCUT2D eigenvalue weighted by atomic mass is 10.2. The molecule has 22 heavy (non-hydrogen) atoms. The lowest BCUT2D eigenvalue weighted by Gasteiger charge is -2.08. The SMILES string of the molecule is Cc1cc(NC(=O)C(=O)Nc2ccccc2C#N)ccc1Br. The molecule has 0 unspecified atom stereocenters. The normalized spacial score (nSPS) is 9.68. The van der Waals surface area contributed by atoms with Crippen LogP contribution in [0.4, 0.5) is 11.4 Å². The topological polar surface area (TPSA) is 82.0 Å². The molecule has 6 heteroatoms. The highest BCUT2D eigenvalue weighted by Gasteiger charge is 2.15. The van der Waals surface area contributed by atoms with E-state index in [1.54, 1.807) is 42.5 Å². The molecule has 0 aliphatic rings. The van der Waals surface area contributed by atoms with Crippen LogP contribution in [0, 0.1) is 18.3 Å². The molecule has 2 aromatic carbocycles. The van der Waals surface area contributed by atoms with E-state index in [-0.39, 0.29) is 0 Å². The maximum Gasteiger partial charge on any atom is 0.314 e. The Morgan fingerprint density at radius 3 is 2.45 bits per heavy atom. The van der Waals surface area contributed by atoms with Crippen LogP contribution in [0.5, 0.6) is 0 Å². The van der Waals surface area contributed by atoms with Crippen molar-refractivity contribution in [2.75, 3.05) is 10.6 Å². The molecule has 0 atom stereocenters. The Morgan fingerprint density at radius 2 is 1.77 bits per heavy atom. The number of hydrogen-bond donors (Lipinski definition) is 2. The lowest BCUT2D eigenvalue weighted by Crippen LogP contribution is -2.29. The number of nitrogens with zero attached hydrogens (tertiary/aromatic N) is 1. The second-order valence-corrected chi connectivity index (χ2v) is 5.38. The van der Waals surface area contributed by atoms with Gasteiger partial charge in [0.15, 0.2) is 0 Å². The van der Waals surface area contributed by atoms with Gasteiger partial charge in [0.2, 0.25) is 0 Å². The van der Waals surface area contributed by atoms with Crippen molar-refractivity contribution in [1.82, 2.24) is 0 Å². The van der Waals surface area contributed by atoms with E-state index in [0.717, 1.165) is 10.0 Å². The fourth-order valence-corrected chi connectivity index (χ4v) is 2.03. The molecule has 5 nitrogen and oxygen atoms in total. The summed E-state index contributed by atoms with van der Waals surface area (Å²) >= 11 is 3.36. The molecule has 2 amide bonds. The highest BCUT2D eigenvalue weighted by molar-refractivity contribution is 9.10. The van der Waals surface area contributed by atoms with E-state index in [4.69, 9.17) is 5.26 Å². The average molecular weight is 358 g/mol. The minimum absolute atomic E-state index is 0.295. The van der Waals surface area contributed by atoms with Gasteiger partial charge < -0.3 is 10.6 Å². The summed E-state index contributed by atoms with van der Waals surface area (Å²) in [5.41, 5.74) is 2.06. The molecule has 110 valence electrons. The van der Waals surface area contributed by atoms with Gasteiger partial charge in [-0.3, -0.25) is 9.59 Å². The van der Waals surface area contributed by atoms with E-state index >= 15 is 0 Å². The minimum Gasteiger partial charge on any atom is -0.318 e. The molecule has 0 bridgehead atoms. The largest absolute Gasteiger partial charge is 0.318 e. The van der Waals surface area contributed by atoms with Crippen LogP contribution in [-0.2, 0) is 9.59 Å². The fraction of sp³-hybridized carbons (Fsp3) is 0.0625. The molecule has 2 N–H and O–H groups in total. The number of nitriles is 1. The van der Waals surface area contributed by atoms with Gasteiger partial charge in [0, 0.05) is 10.2 Å². The van der Waals surface area contributed by atoms with Crippen molar-refractivity contribution in [1.29, 1.82) is 5.26 Å². The molecule has 0 spiro atoms. The van der Waals surface area contributed by atoms with Gasteiger partial charge in [0.1, 0.15) is 6.07 Å². The van der Waals surface area contributed by atoms with Crippen LogP contribution in [0.3, 0.4) is 0 Å². The second-order valence-electron chi connectivity index (χ2n) is 4.53. The average Bonchev–Trinajstić information content (AvgIpc) is 2.51. The Morgan fingerprint density at radius 1 is 1.09 bits per heavy atom. The predicted octanol–water partition coefficient (Wildman–Crippen LogP) is 3.21. The Balaban J connectivity index is 2.08. The molecule has 2 aromatic rings. The number of benzene rings is 2. The second kappa shape index (κ2) is 6.87. The maximum atomic E-state index is 11.9. The molecule has 0 fully saturated rings. The summed E-state index contributed by atoms with van der Waals surface area (Å²) in [6.45, 7) is 1.88. The zero-order valence-corrected chi connectivity index (χ0v) is 13.3. The van der Waals surface area contributed by atoms with Gasteiger partial charge in [-0.25, -0.2) is 0 Å². The van der Waals surface area contributed by atoms with Gasteiger partial charge in [-0.1, -0.05) is 28.1 Å². The predicted molar refractivity (Wildman–Crippen MR) is 87.3 cm³/mol. The molecule has 0 aliphatic heterocycles. The van der Waals surface area contributed by atoms with Crippen LogP contribution < -0.4 is 10.6 Å². The Kier molecular flexibility index (Phi) is 4.92. The van der Waals surface area contributed by atoms with Gasteiger partial charge in [-0.2, -0.15) is 5.26 Å². The molecule has 0 saturated heterocycles. The van der Waals surface area contributed by atoms with Gasteiger partial charge in [-0.05, 0) is 42.8 Å². The zero-order chi connectivity index (χ0) is 16.1. The van der Waals surface area contributed by atoms with Gasteiger partial charge in [0.05, 0.1) is 11.3 Å². The van der Waals surface area contributed by atoms with Crippen molar-refractivity contribution < 1.29 is 9.59 Å². The van der Waals surface area contributed by atoms with Crippen molar-refractivity contribution in [2.45, 2.75) is 6.92 Å². The van der Waals surface area contributed by atoms with Gasteiger partial charge >= 0.3 is 11.8 Å². The highest BCUT2D eigenvalue weighted by atomic mass is 79.9. The number of amides is 2. The summed E-state index contributed by atoms with van der Waals surface area (Å²) in [5, 5.41) is 13.9. The summed E-state index contributed by atoms with van der Waals surface area (Å²) in [6, 6.07) is 13.6. The van der Waals surface area contributed by atoms with Crippen LogP contribution in [0.15, 0.2) is 46.9 Å². The van der Waals surface area contributed by atoms with Crippen molar-refractivity contribution in [3.05, 3.63) is 58.1 Å². The number of aryl methyl sites for hydroxylation is 1. The van der Waals surface area contributed by atoms with E-state index in [1.807, 2.05) is 13.0 Å². The third-order valence-electron chi connectivity index (χ3n) is 2.92. The molecular weight excluding hydrogens is 346 g/mol. The summed E-state index contributed by atoms with van der Waals surface area (Å²) in [7, 11) is 0. The number of carbonyl (C=O) groups excluding carboxylic acids is 2. The lowest BCUT2D eigenvalue weighted by molar-refractivity contribution is -0.133. The molecule has 0 saturated carbocycles. The summed E-state index contributed by atoms with van der Waals surface area (Å²) in [6.07, 6.45) is 0. The minimum atomic E-state index is -0.830. The van der Waals surface area contributed by atoms with Crippen molar-refractivity contribution >= 4 is 39.1 Å². The van der Waals surface area contributed by atoms with E-state index in [2.05, 4.69) is 26.6 Å². The summed E-state index contributed by atoms with van der Waals surface area (Å²) < 4.78 is 0.915. The molecule has 0 aromatic heterocycles. The number of para-hydroxylation sites is 1. The molecule has 0 aliphatic carbocycles. The van der Waals surface area contributed by atoms with E-state index in [9.17, 15) is 9.59 Å². The first-order valence-electron chi connectivity index (χ1n) is 6.39. The third-order valence-corrected chi connectivity index (χ3v) is 3.81. The number of hydrogen-bond acceptors (Lipinski definition) is 3. The van der Waals surface area contributed by atoms with E-state index in [0.29, 0.717) is 16.9 Å². The number of anilines is 2. The van der Waals surface area contributed by atoms with Crippen LogP contribution in [-0.4, -0.2) is 11.8 Å². The fourth-order valence-electron chi connectivity index (χ4n) is 1.78. The summed E-state index contributed by atoms with van der Waals surface area (Å²) in [5.74, 6) is -1.63. The van der Waals surface area contributed by atoms with Crippen LogP contribution in [0.25, 0.3) is 0 Å². The van der Waals surface area contributed by atoms with Crippen molar-refractivity contribution in [3.63, 3.8) is 0 Å². The highest BCUT2D eigenvalue weighted by Crippen LogP contribution is 2.20. The Labute approximate surface area is 136 Å². The molecule has 0 radical (unpaired) electrons. The van der Waals surface area contributed by atoms with Gasteiger partial charge in [0.25, 0.3) is 0 Å². The zero-order valence-electron chi connectivity index (χ0n) is 11.7. The van der Waals surface area contributed by atoms with E-state index < -0.39 is 11.8 Å². The quantitative estimate of drug-likeness (QED) is 0.809. The standard InChI is InChI=1S/C16H12BrN3O2/c1-10-8-12(6-7-13(10)17)19-15(21)16(22)20-14-5-3-2-4-11(14)9-18/h2-8H,1H3,(H,19,21)(H,20,22). The molecule has 0 heterocycles. The third kappa shape index (κ3) is 3.71. The summed E-state index contributed by atoms with van der Waals surface area (Å²) in [4.78, 5) is 23.8. The first-order valence-corrected chi connectivity index (χ1v) is 7.18. The van der Waals surface area contributed by atoms with E-state index in [1.165, 1.54) is 0 Å². The molecular formula is C16H12BrN3O2. The van der Waals surface area contributed by atoms with Crippen LogP contribution >= 0.6 is 15.9 Å².